The zero-order valence-corrected chi connectivity index (χ0v) is 7.76. The molecule has 0 heterocycles. The number of carbonyl (C=O) groups excluding carboxylic acids is 1. The van der Waals surface area contributed by atoms with Crippen molar-refractivity contribution in [3.8, 4) is 0 Å². The van der Waals surface area contributed by atoms with Gasteiger partial charge in [-0.25, -0.2) is 0 Å². The molecule has 0 aliphatic rings. The molecule has 0 saturated heterocycles. The molecular weight excluding hydrogens is 136 g/mol. The van der Waals surface area contributed by atoms with E-state index in [0.717, 1.165) is 25.0 Å². The van der Waals surface area contributed by atoms with Gasteiger partial charge >= 0.3 is 0 Å². The summed E-state index contributed by atoms with van der Waals surface area (Å²) >= 11 is 0. The van der Waals surface area contributed by atoms with E-state index >= 15 is 0 Å². The molecule has 0 aliphatic carbocycles. The van der Waals surface area contributed by atoms with E-state index in [9.17, 15) is 4.79 Å². The van der Waals surface area contributed by atoms with Crippen LogP contribution in [-0.2, 0) is 4.79 Å². The minimum Gasteiger partial charge on any atom is -0.303 e. The van der Waals surface area contributed by atoms with Crippen LogP contribution in [0.15, 0.2) is 11.6 Å². The van der Waals surface area contributed by atoms with E-state index in [1.807, 2.05) is 0 Å². The van der Waals surface area contributed by atoms with Crippen molar-refractivity contribution in [2.24, 2.45) is 5.92 Å². The van der Waals surface area contributed by atoms with E-state index in [0.29, 0.717) is 6.42 Å². The number of unbranched alkanes of at least 4 members (excludes halogenated alkanes) is 1. The number of hydrogen-bond acceptors (Lipinski definition) is 1. The van der Waals surface area contributed by atoms with Gasteiger partial charge in [0.05, 0.1) is 0 Å². The molecule has 0 amide bonds. The SMILES string of the molecule is CC(=CCCC=O)CC(C)C. The lowest BCUT2D eigenvalue weighted by Gasteiger charge is -2.03. The molecule has 0 aromatic rings. The number of aldehydes is 1. The molecule has 0 aromatic heterocycles. The van der Waals surface area contributed by atoms with Crippen LogP contribution in [0, 0.1) is 5.92 Å². The van der Waals surface area contributed by atoms with Crippen LogP contribution in [0.1, 0.15) is 40.0 Å². The Morgan fingerprint density at radius 2 is 2.00 bits per heavy atom. The van der Waals surface area contributed by atoms with Crippen LogP contribution in [0.3, 0.4) is 0 Å². The minimum absolute atomic E-state index is 0.662. The van der Waals surface area contributed by atoms with E-state index < -0.39 is 0 Å². The van der Waals surface area contributed by atoms with E-state index in [2.05, 4.69) is 26.8 Å². The Bertz CT molecular complexity index is 134. The molecule has 0 spiro atoms. The number of carbonyl (C=O) groups is 1. The maximum atomic E-state index is 9.98. The lowest BCUT2D eigenvalue weighted by Crippen LogP contribution is -1.87. The molecule has 0 unspecified atom stereocenters. The molecular formula is C10H18O. The fourth-order valence-electron chi connectivity index (χ4n) is 1.13. The third-order valence-electron chi connectivity index (χ3n) is 1.51. The van der Waals surface area contributed by atoms with Gasteiger partial charge in [-0.2, -0.15) is 0 Å². The van der Waals surface area contributed by atoms with Crippen molar-refractivity contribution in [3.05, 3.63) is 11.6 Å². The van der Waals surface area contributed by atoms with Crippen molar-refractivity contribution < 1.29 is 4.79 Å². The van der Waals surface area contributed by atoms with Crippen molar-refractivity contribution in [3.63, 3.8) is 0 Å². The topological polar surface area (TPSA) is 17.1 Å². The number of allylic oxidation sites excluding steroid dienone is 2. The van der Waals surface area contributed by atoms with Gasteiger partial charge in [-0.3, -0.25) is 0 Å². The quantitative estimate of drug-likeness (QED) is 0.338. The van der Waals surface area contributed by atoms with Crippen LogP contribution in [0.4, 0.5) is 0 Å². The van der Waals surface area contributed by atoms with Crippen LogP contribution < -0.4 is 0 Å². The molecule has 0 fully saturated rings. The Morgan fingerprint density at radius 3 is 2.45 bits per heavy atom. The standard InChI is InChI=1S/C10H18O/c1-9(2)8-10(3)6-4-5-7-11/h6-7,9H,4-5,8H2,1-3H3. The number of rotatable bonds is 5. The van der Waals surface area contributed by atoms with Gasteiger partial charge in [-0.1, -0.05) is 25.5 Å². The second kappa shape index (κ2) is 6.14. The highest BCUT2D eigenvalue weighted by molar-refractivity contribution is 5.49. The molecule has 0 aliphatic heterocycles. The molecule has 11 heavy (non-hydrogen) atoms. The Kier molecular flexibility index (Phi) is 5.81. The van der Waals surface area contributed by atoms with Gasteiger partial charge in [0, 0.05) is 6.42 Å². The molecule has 0 radical (unpaired) electrons. The minimum atomic E-state index is 0.662. The summed E-state index contributed by atoms with van der Waals surface area (Å²) < 4.78 is 0. The smallest absolute Gasteiger partial charge is 0.120 e. The van der Waals surface area contributed by atoms with E-state index in [-0.39, 0.29) is 0 Å². The highest BCUT2D eigenvalue weighted by Crippen LogP contribution is 2.10. The average molecular weight is 154 g/mol. The van der Waals surface area contributed by atoms with Crippen LogP contribution in [0.25, 0.3) is 0 Å². The van der Waals surface area contributed by atoms with Crippen LogP contribution in [-0.4, -0.2) is 6.29 Å². The third kappa shape index (κ3) is 7.31. The molecule has 1 heteroatoms. The van der Waals surface area contributed by atoms with Crippen molar-refractivity contribution in [2.75, 3.05) is 0 Å². The summed E-state index contributed by atoms with van der Waals surface area (Å²) in [6.07, 6.45) is 5.85. The summed E-state index contributed by atoms with van der Waals surface area (Å²) in [5.74, 6) is 0.725. The summed E-state index contributed by atoms with van der Waals surface area (Å²) in [5, 5.41) is 0. The predicted molar refractivity (Wildman–Crippen MR) is 48.5 cm³/mol. The maximum Gasteiger partial charge on any atom is 0.120 e. The van der Waals surface area contributed by atoms with Gasteiger partial charge in [0.1, 0.15) is 6.29 Å². The molecule has 0 aromatic carbocycles. The normalized spacial score (nSPS) is 12.2. The molecule has 0 atom stereocenters. The largest absolute Gasteiger partial charge is 0.303 e. The zero-order chi connectivity index (χ0) is 8.69. The summed E-state index contributed by atoms with van der Waals surface area (Å²) in [6.45, 7) is 6.54. The summed E-state index contributed by atoms with van der Waals surface area (Å²) in [6, 6.07) is 0. The van der Waals surface area contributed by atoms with Crippen molar-refractivity contribution >= 4 is 6.29 Å². The van der Waals surface area contributed by atoms with E-state index in [1.165, 1.54) is 5.57 Å². The second-order valence-electron chi connectivity index (χ2n) is 3.39. The van der Waals surface area contributed by atoms with Gasteiger partial charge in [0.2, 0.25) is 0 Å². The van der Waals surface area contributed by atoms with E-state index in [4.69, 9.17) is 0 Å². The first-order chi connectivity index (χ1) is 5.16. The van der Waals surface area contributed by atoms with E-state index in [1.54, 1.807) is 0 Å². The molecule has 0 rings (SSSR count). The van der Waals surface area contributed by atoms with Crippen molar-refractivity contribution in [1.29, 1.82) is 0 Å². The molecule has 0 saturated carbocycles. The van der Waals surface area contributed by atoms with Gasteiger partial charge < -0.3 is 4.79 Å². The first-order valence-electron chi connectivity index (χ1n) is 4.26. The second-order valence-corrected chi connectivity index (χ2v) is 3.39. The Balaban J connectivity index is 3.53. The highest BCUT2D eigenvalue weighted by atomic mass is 16.1. The molecule has 0 bridgehead atoms. The summed E-state index contributed by atoms with van der Waals surface area (Å²) in [4.78, 5) is 9.98. The Morgan fingerprint density at radius 1 is 1.36 bits per heavy atom. The predicted octanol–water partition coefficient (Wildman–Crippen LogP) is 2.96. The molecule has 1 nitrogen and oxygen atoms in total. The summed E-state index contributed by atoms with van der Waals surface area (Å²) in [5.41, 5.74) is 1.40. The Hall–Kier alpha value is -0.590. The monoisotopic (exact) mass is 154 g/mol. The van der Waals surface area contributed by atoms with Crippen LogP contribution in [0.2, 0.25) is 0 Å². The Labute approximate surface area is 69.5 Å². The van der Waals surface area contributed by atoms with Gasteiger partial charge in [0.15, 0.2) is 0 Å². The fraction of sp³-hybridized carbons (Fsp3) is 0.700. The number of hydrogen-bond donors (Lipinski definition) is 0. The van der Waals surface area contributed by atoms with Gasteiger partial charge in [0.25, 0.3) is 0 Å². The highest BCUT2D eigenvalue weighted by Gasteiger charge is 1.94. The van der Waals surface area contributed by atoms with Gasteiger partial charge in [-0.05, 0) is 25.7 Å². The first-order valence-corrected chi connectivity index (χ1v) is 4.26. The fourth-order valence-corrected chi connectivity index (χ4v) is 1.13. The van der Waals surface area contributed by atoms with Crippen LogP contribution >= 0.6 is 0 Å². The van der Waals surface area contributed by atoms with Crippen LogP contribution in [0.5, 0.6) is 0 Å². The first kappa shape index (κ1) is 10.4. The summed E-state index contributed by atoms with van der Waals surface area (Å²) in [7, 11) is 0. The van der Waals surface area contributed by atoms with Crippen molar-refractivity contribution in [2.45, 2.75) is 40.0 Å². The van der Waals surface area contributed by atoms with Gasteiger partial charge in [-0.15, -0.1) is 0 Å². The zero-order valence-electron chi connectivity index (χ0n) is 7.76. The molecule has 0 N–H and O–H groups in total. The lowest BCUT2D eigenvalue weighted by atomic mass is 10.0. The molecule has 64 valence electrons. The average Bonchev–Trinajstić information content (AvgIpc) is 1.86. The van der Waals surface area contributed by atoms with Crippen molar-refractivity contribution in [1.82, 2.24) is 0 Å². The lowest BCUT2D eigenvalue weighted by molar-refractivity contribution is -0.107. The third-order valence-corrected chi connectivity index (χ3v) is 1.51. The maximum absolute atomic E-state index is 9.98.